The predicted molar refractivity (Wildman–Crippen MR) is 150 cm³/mol. The highest BCUT2D eigenvalue weighted by molar-refractivity contribution is 5.85. The van der Waals surface area contributed by atoms with Gasteiger partial charge in [-0.2, -0.15) is 0 Å². The summed E-state index contributed by atoms with van der Waals surface area (Å²) in [7, 11) is 1.59. The molecule has 2 aliphatic rings. The second-order valence-corrected chi connectivity index (χ2v) is 10.2. The van der Waals surface area contributed by atoms with Crippen molar-refractivity contribution in [1.82, 2.24) is 10.1 Å². The van der Waals surface area contributed by atoms with Gasteiger partial charge in [-0.05, 0) is 61.1 Å². The Morgan fingerprint density at radius 1 is 1.03 bits per heavy atom. The van der Waals surface area contributed by atoms with Crippen LogP contribution in [0, 0.1) is 12.3 Å². The smallest absolute Gasteiger partial charge is 0.311 e. The molecule has 0 aliphatic heterocycles. The Labute approximate surface area is 226 Å². The minimum Gasteiger partial charge on any atom is -0.481 e. The number of pyridine rings is 1. The zero-order valence-electron chi connectivity index (χ0n) is 21.8. The van der Waals surface area contributed by atoms with Crippen molar-refractivity contribution in [3.8, 4) is 17.0 Å². The highest BCUT2D eigenvalue weighted by Crippen LogP contribution is 2.64. The third kappa shape index (κ3) is 4.20. The van der Waals surface area contributed by atoms with Gasteiger partial charge in [0.2, 0.25) is 5.88 Å². The fraction of sp³-hybridized carbons (Fsp3) is 0.219. The molecular weight excluding hydrogens is 490 g/mol. The number of rotatable bonds is 8. The van der Waals surface area contributed by atoms with Gasteiger partial charge in [0.1, 0.15) is 11.4 Å². The van der Waals surface area contributed by atoms with Crippen molar-refractivity contribution in [1.29, 1.82) is 0 Å². The van der Waals surface area contributed by atoms with Crippen LogP contribution in [0.25, 0.3) is 16.7 Å². The Morgan fingerprint density at radius 2 is 1.82 bits per heavy atom. The molecule has 7 heteroatoms. The number of carboxylic acids is 1. The van der Waals surface area contributed by atoms with E-state index in [2.05, 4.69) is 33.7 Å². The molecule has 0 bridgehead atoms. The maximum Gasteiger partial charge on any atom is 0.311 e. The van der Waals surface area contributed by atoms with Gasteiger partial charge in [-0.15, -0.1) is 0 Å². The van der Waals surface area contributed by atoms with E-state index in [1.54, 1.807) is 13.3 Å². The number of ether oxygens (including phenoxy) is 1. The van der Waals surface area contributed by atoms with Crippen LogP contribution in [0.1, 0.15) is 36.3 Å². The van der Waals surface area contributed by atoms with Gasteiger partial charge in [0.15, 0.2) is 5.76 Å². The van der Waals surface area contributed by atoms with Crippen molar-refractivity contribution in [2.75, 3.05) is 12.4 Å². The van der Waals surface area contributed by atoms with Crippen LogP contribution in [-0.4, -0.2) is 28.3 Å². The Kier molecular flexibility index (Phi) is 6.06. The number of aromatic nitrogens is 2. The van der Waals surface area contributed by atoms with Crippen LogP contribution in [0.5, 0.6) is 5.88 Å². The first kappa shape index (κ1) is 24.7. The van der Waals surface area contributed by atoms with Crippen molar-refractivity contribution in [3.05, 3.63) is 108 Å². The minimum atomic E-state index is -0.943. The molecule has 39 heavy (non-hydrogen) atoms. The number of hydrogen-bond donors (Lipinski definition) is 2. The maximum absolute atomic E-state index is 12.7. The highest BCUT2D eigenvalue weighted by atomic mass is 16.5. The second-order valence-electron chi connectivity index (χ2n) is 10.2. The van der Waals surface area contributed by atoms with E-state index < -0.39 is 16.8 Å². The predicted octanol–water partition coefficient (Wildman–Crippen LogP) is 6.94. The number of carbonyl (C=O) groups is 1. The van der Waals surface area contributed by atoms with Crippen molar-refractivity contribution >= 4 is 22.9 Å². The van der Waals surface area contributed by atoms with Gasteiger partial charge in [-0.25, -0.2) is 4.98 Å². The summed E-state index contributed by atoms with van der Waals surface area (Å²) in [5, 5.41) is 18.2. The average molecular weight is 520 g/mol. The molecular formula is C32H29N3O4. The number of anilines is 2. The summed E-state index contributed by atoms with van der Waals surface area (Å²) < 4.78 is 11.2. The Balaban J connectivity index is 1.38. The van der Waals surface area contributed by atoms with E-state index in [-0.39, 0.29) is 0 Å². The number of carboxylic acid groups (broad SMARTS) is 1. The van der Waals surface area contributed by atoms with Gasteiger partial charge in [0, 0.05) is 23.5 Å². The van der Waals surface area contributed by atoms with Gasteiger partial charge in [0.05, 0.1) is 17.9 Å². The summed E-state index contributed by atoms with van der Waals surface area (Å²) in [6.45, 7) is 1.87. The Hall–Kier alpha value is -4.65. The normalized spacial score (nSPS) is 19.3. The number of benzene rings is 2. The van der Waals surface area contributed by atoms with Gasteiger partial charge in [-0.1, -0.05) is 65.8 Å². The molecule has 0 radical (unpaired) electrons. The quantitative estimate of drug-likeness (QED) is 0.260. The first-order valence-corrected chi connectivity index (χ1v) is 13.0. The van der Waals surface area contributed by atoms with E-state index in [1.165, 1.54) is 0 Å². The van der Waals surface area contributed by atoms with E-state index in [0.717, 1.165) is 28.0 Å². The van der Waals surface area contributed by atoms with Crippen LogP contribution in [0.2, 0.25) is 0 Å². The summed E-state index contributed by atoms with van der Waals surface area (Å²) in [5.41, 5.74) is 4.51. The molecule has 1 saturated carbocycles. The lowest BCUT2D eigenvalue weighted by molar-refractivity contribution is -0.146. The lowest BCUT2D eigenvalue weighted by atomic mass is 9.65. The van der Waals surface area contributed by atoms with Crippen molar-refractivity contribution in [2.24, 2.45) is 5.41 Å². The number of nitrogens with one attached hydrogen (secondary N) is 1. The van der Waals surface area contributed by atoms with Gasteiger partial charge >= 0.3 is 5.97 Å². The first-order valence-electron chi connectivity index (χ1n) is 13.0. The largest absolute Gasteiger partial charge is 0.481 e. The first-order chi connectivity index (χ1) is 19.0. The van der Waals surface area contributed by atoms with E-state index >= 15 is 0 Å². The summed E-state index contributed by atoms with van der Waals surface area (Å²) in [6, 6.07) is 21.9. The standard InChI is InChI=1S/C32H29N3O4/c1-21-28(34-26-10-6-9-24(19-26)25-11-12-27(38-2)33-20-25)29(39-35-21)31(32(17-18-32)30(36)37)15-13-23(14-16-31)22-7-4-3-5-8-22/h3-15,19-20,34H,16-18H2,1-2H3,(H,36,37). The summed E-state index contributed by atoms with van der Waals surface area (Å²) in [6.07, 6.45) is 9.62. The fourth-order valence-electron chi connectivity index (χ4n) is 5.61. The minimum absolute atomic E-state index is 0.501. The van der Waals surface area contributed by atoms with Gasteiger partial charge in [0.25, 0.3) is 0 Å². The topological polar surface area (TPSA) is 97.5 Å². The summed E-state index contributed by atoms with van der Waals surface area (Å²) in [4.78, 5) is 17.0. The van der Waals surface area contributed by atoms with E-state index in [9.17, 15) is 9.90 Å². The van der Waals surface area contributed by atoms with Crippen LogP contribution in [0.3, 0.4) is 0 Å². The van der Waals surface area contributed by atoms with Gasteiger partial charge in [-0.3, -0.25) is 4.79 Å². The Morgan fingerprint density at radius 3 is 2.46 bits per heavy atom. The zero-order chi connectivity index (χ0) is 27.0. The second kappa shape index (κ2) is 9.58. The molecule has 2 aliphatic carbocycles. The SMILES string of the molecule is COc1ccc(-c2cccc(Nc3c(C)noc3C3(C4(C(=O)O)CC4)C=CC(c4ccccc4)=CC3)c2)cn1. The van der Waals surface area contributed by atoms with E-state index in [4.69, 9.17) is 9.26 Å². The third-order valence-electron chi connectivity index (χ3n) is 7.99. The lowest BCUT2D eigenvalue weighted by Gasteiger charge is -2.36. The highest BCUT2D eigenvalue weighted by Gasteiger charge is 2.66. The van der Waals surface area contributed by atoms with Crippen molar-refractivity contribution < 1.29 is 19.2 Å². The third-order valence-corrected chi connectivity index (χ3v) is 7.99. The number of aliphatic carboxylic acids is 1. The monoisotopic (exact) mass is 519 g/mol. The zero-order valence-corrected chi connectivity index (χ0v) is 21.8. The summed E-state index contributed by atoms with van der Waals surface area (Å²) >= 11 is 0. The number of methoxy groups -OCH3 is 1. The molecule has 1 fully saturated rings. The maximum atomic E-state index is 12.7. The van der Waals surface area contributed by atoms with Crippen LogP contribution in [-0.2, 0) is 10.2 Å². The lowest BCUT2D eigenvalue weighted by Crippen LogP contribution is -2.41. The number of hydrogen-bond acceptors (Lipinski definition) is 6. The number of nitrogens with zero attached hydrogens (tertiary/aromatic N) is 2. The van der Waals surface area contributed by atoms with Crippen molar-refractivity contribution in [3.63, 3.8) is 0 Å². The number of aryl methyl sites for hydroxylation is 1. The van der Waals surface area contributed by atoms with Gasteiger partial charge < -0.3 is 19.7 Å². The molecule has 196 valence electrons. The number of allylic oxidation sites excluding steroid dienone is 4. The van der Waals surface area contributed by atoms with Crippen LogP contribution in [0.15, 0.2) is 95.7 Å². The van der Waals surface area contributed by atoms with E-state index in [1.807, 2.05) is 73.7 Å². The molecule has 2 N–H and O–H groups in total. The molecule has 7 nitrogen and oxygen atoms in total. The summed E-state index contributed by atoms with van der Waals surface area (Å²) in [5.74, 6) is 0.300. The molecule has 1 unspecified atom stereocenters. The molecule has 0 amide bonds. The average Bonchev–Trinajstić information content (AvgIpc) is 3.73. The molecule has 2 heterocycles. The molecule has 4 aromatic rings. The van der Waals surface area contributed by atoms with Crippen LogP contribution >= 0.6 is 0 Å². The molecule has 1 atom stereocenters. The molecule has 2 aromatic heterocycles. The van der Waals surface area contributed by atoms with Crippen LogP contribution < -0.4 is 10.1 Å². The fourth-order valence-corrected chi connectivity index (χ4v) is 5.61. The van der Waals surface area contributed by atoms with Crippen molar-refractivity contribution in [2.45, 2.75) is 31.6 Å². The Bertz CT molecular complexity index is 1580. The molecule has 0 spiro atoms. The molecule has 0 saturated heterocycles. The molecule has 2 aromatic carbocycles. The van der Waals surface area contributed by atoms with Crippen LogP contribution in [0.4, 0.5) is 11.4 Å². The van der Waals surface area contributed by atoms with E-state index in [0.29, 0.717) is 42.3 Å². The molecule has 6 rings (SSSR count).